The van der Waals surface area contributed by atoms with Gasteiger partial charge in [0.2, 0.25) is 10.0 Å². The van der Waals surface area contributed by atoms with E-state index in [1.807, 2.05) is 30.3 Å². The molecule has 0 fully saturated rings. The summed E-state index contributed by atoms with van der Waals surface area (Å²) in [6.07, 6.45) is 0.986. The molecule has 0 radical (unpaired) electrons. The van der Waals surface area contributed by atoms with Crippen molar-refractivity contribution in [3.63, 3.8) is 0 Å². The maximum atomic E-state index is 11.8. The minimum absolute atomic E-state index is 0.0389. The van der Waals surface area contributed by atoms with Crippen molar-refractivity contribution in [2.45, 2.75) is 12.3 Å². The minimum atomic E-state index is -3.29. The third kappa shape index (κ3) is 3.94. The molecule has 0 bridgehead atoms. The number of rotatable bonds is 6. The van der Waals surface area contributed by atoms with Crippen molar-refractivity contribution in [1.82, 2.24) is 4.31 Å². The fourth-order valence-electron chi connectivity index (χ4n) is 1.55. The van der Waals surface area contributed by atoms with E-state index in [2.05, 4.69) is 0 Å². The highest BCUT2D eigenvalue weighted by molar-refractivity contribution is 7.89. The zero-order chi connectivity index (χ0) is 12.9. The number of benzene rings is 1. The van der Waals surface area contributed by atoms with Crippen LogP contribution in [0.2, 0.25) is 0 Å². The molecule has 0 aliphatic carbocycles. The first-order valence-electron chi connectivity index (χ1n) is 5.36. The van der Waals surface area contributed by atoms with E-state index in [1.165, 1.54) is 18.4 Å². The summed E-state index contributed by atoms with van der Waals surface area (Å²) in [5.74, 6) is -0.316. The number of nitrogens with zero attached hydrogens (tertiary/aromatic N) is 1. The first-order chi connectivity index (χ1) is 7.97. The summed E-state index contributed by atoms with van der Waals surface area (Å²) < 4.78 is 24.8. The van der Waals surface area contributed by atoms with Crippen LogP contribution in [0, 0.1) is 0 Å². The van der Waals surface area contributed by atoms with Gasteiger partial charge in [0.15, 0.2) is 0 Å². The molecule has 17 heavy (non-hydrogen) atoms. The predicted octanol–water partition coefficient (Wildman–Crippen LogP) is 1.25. The smallest absolute Gasteiger partial charge is 0.214 e. The van der Waals surface area contributed by atoms with Gasteiger partial charge in [-0.2, -0.15) is 0 Å². The Morgan fingerprint density at radius 3 is 2.29 bits per heavy atom. The lowest BCUT2D eigenvalue weighted by molar-refractivity contribution is -0.108. The summed E-state index contributed by atoms with van der Waals surface area (Å²) in [6, 6.07) is 9.24. The molecule has 0 aliphatic heterocycles. The molecule has 94 valence electrons. The molecule has 1 rings (SSSR count). The summed E-state index contributed by atoms with van der Waals surface area (Å²) in [6.45, 7) is 0. The molecule has 0 spiro atoms. The molecule has 0 heterocycles. The van der Waals surface area contributed by atoms with Crippen LogP contribution < -0.4 is 0 Å². The lowest BCUT2D eigenvalue weighted by Gasteiger charge is -2.18. The fourth-order valence-corrected chi connectivity index (χ4v) is 2.68. The highest BCUT2D eigenvalue weighted by Crippen LogP contribution is 2.21. The van der Waals surface area contributed by atoms with Gasteiger partial charge in [-0.3, -0.25) is 0 Å². The Balaban J connectivity index is 2.92. The van der Waals surface area contributed by atoms with Crippen molar-refractivity contribution in [3.05, 3.63) is 35.9 Å². The molecule has 4 nitrogen and oxygen atoms in total. The molecule has 1 atom stereocenters. The van der Waals surface area contributed by atoms with Crippen molar-refractivity contribution >= 4 is 16.3 Å². The maximum absolute atomic E-state index is 11.8. The quantitative estimate of drug-likeness (QED) is 0.719. The fraction of sp³-hybridized carbons (Fsp3) is 0.417. The third-order valence-corrected chi connectivity index (χ3v) is 4.56. The molecular weight excluding hydrogens is 238 g/mol. The summed E-state index contributed by atoms with van der Waals surface area (Å²) in [5, 5.41) is 0. The maximum Gasteiger partial charge on any atom is 0.214 e. The molecule has 0 saturated heterocycles. The highest BCUT2D eigenvalue weighted by atomic mass is 32.2. The largest absolute Gasteiger partial charge is 0.303 e. The van der Waals surface area contributed by atoms with Crippen LogP contribution in [0.1, 0.15) is 17.9 Å². The molecule has 1 unspecified atom stereocenters. The van der Waals surface area contributed by atoms with E-state index >= 15 is 0 Å². The van der Waals surface area contributed by atoms with Crippen LogP contribution in [-0.2, 0) is 14.8 Å². The van der Waals surface area contributed by atoms with E-state index in [0.717, 1.165) is 11.8 Å². The van der Waals surface area contributed by atoms with Crippen molar-refractivity contribution < 1.29 is 13.2 Å². The van der Waals surface area contributed by atoms with Gasteiger partial charge >= 0.3 is 0 Å². The van der Waals surface area contributed by atoms with Gasteiger partial charge in [-0.25, -0.2) is 12.7 Å². The number of sulfonamides is 1. The van der Waals surface area contributed by atoms with Crippen LogP contribution in [0.15, 0.2) is 30.3 Å². The number of carbonyl (C=O) groups excluding carboxylic acids is 1. The minimum Gasteiger partial charge on any atom is -0.303 e. The molecule has 1 aromatic carbocycles. The molecule has 1 aromatic rings. The second-order valence-corrected chi connectivity index (χ2v) is 6.30. The molecule has 0 saturated carbocycles. The van der Waals surface area contributed by atoms with Crippen molar-refractivity contribution in [2.24, 2.45) is 0 Å². The van der Waals surface area contributed by atoms with Crippen LogP contribution in [0.3, 0.4) is 0 Å². The number of hydrogen-bond acceptors (Lipinski definition) is 3. The van der Waals surface area contributed by atoms with Crippen LogP contribution >= 0.6 is 0 Å². The first-order valence-corrected chi connectivity index (χ1v) is 6.97. The normalized spacial score (nSPS) is 13.6. The van der Waals surface area contributed by atoms with E-state index in [0.29, 0.717) is 0 Å². The lowest BCUT2D eigenvalue weighted by Crippen LogP contribution is -2.28. The summed E-state index contributed by atoms with van der Waals surface area (Å²) in [5.41, 5.74) is 0.880. The van der Waals surface area contributed by atoms with E-state index in [4.69, 9.17) is 0 Å². The predicted molar refractivity (Wildman–Crippen MR) is 67.3 cm³/mol. The van der Waals surface area contributed by atoms with E-state index in [1.54, 1.807) is 0 Å². The molecule has 5 heteroatoms. The Hall–Kier alpha value is -1.20. The molecular formula is C12H17NO3S. The topological polar surface area (TPSA) is 54.5 Å². The second kappa shape index (κ2) is 5.93. The number of carbonyl (C=O) groups is 1. The standard InChI is InChI=1S/C12H17NO3S/c1-13(2)17(15,16)10-12(8-9-14)11-6-4-3-5-7-11/h3-7,9,12H,8,10H2,1-2H3. The Morgan fingerprint density at radius 1 is 1.24 bits per heavy atom. The van der Waals surface area contributed by atoms with Crippen LogP contribution in [-0.4, -0.2) is 38.9 Å². The van der Waals surface area contributed by atoms with Gasteiger partial charge in [0.25, 0.3) is 0 Å². The SMILES string of the molecule is CN(C)S(=O)(=O)CC(CC=O)c1ccccc1. The van der Waals surface area contributed by atoms with Crippen molar-refractivity contribution in [1.29, 1.82) is 0 Å². The summed E-state index contributed by atoms with van der Waals surface area (Å²) in [7, 11) is -0.297. The van der Waals surface area contributed by atoms with Crippen LogP contribution in [0.25, 0.3) is 0 Å². The Morgan fingerprint density at radius 2 is 1.82 bits per heavy atom. The van der Waals surface area contributed by atoms with E-state index in [-0.39, 0.29) is 18.1 Å². The number of hydrogen-bond donors (Lipinski definition) is 0. The molecule has 0 N–H and O–H groups in total. The Bertz CT molecular complexity index is 454. The second-order valence-electron chi connectivity index (χ2n) is 4.07. The first kappa shape index (κ1) is 13.9. The zero-order valence-corrected chi connectivity index (χ0v) is 10.9. The van der Waals surface area contributed by atoms with Gasteiger partial charge in [0.05, 0.1) is 5.75 Å². The van der Waals surface area contributed by atoms with Gasteiger partial charge < -0.3 is 4.79 Å². The average Bonchev–Trinajstić information content (AvgIpc) is 2.29. The van der Waals surface area contributed by atoms with E-state index < -0.39 is 10.0 Å². The van der Waals surface area contributed by atoms with Gasteiger partial charge in [0.1, 0.15) is 6.29 Å². The zero-order valence-electron chi connectivity index (χ0n) is 10.0. The monoisotopic (exact) mass is 255 g/mol. The van der Waals surface area contributed by atoms with Crippen LogP contribution in [0.4, 0.5) is 0 Å². The molecule has 0 amide bonds. The Labute approximate surface area is 102 Å². The van der Waals surface area contributed by atoms with E-state index in [9.17, 15) is 13.2 Å². The van der Waals surface area contributed by atoms with Gasteiger partial charge in [-0.1, -0.05) is 30.3 Å². The van der Waals surface area contributed by atoms with Gasteiger partial charge in [-0.15, -0.1) is 0 Å². The number of aldehydes is 1. The molecule has 0 aromatic heterocycles. The highest BCUT2D eigenvalue weighted by Gasteiger charge is 2.22. The Kier molecular flexibility index (Phi) is 4.84. The summed E-state index contributed by atoms with van der Waals surface area (Å²) >= 11 is 0. The van der Waals surface area contributed by atoms with Crippen LogP contribution in [0.5, 0.6) is 0 Å². The average molecular weight is 255 g/mol. The third-order valence-electron chi connectivity index (χ3n) is 2.62. The molecule has 0 aliphatic rings. The van der Waals surface area contributed by atoms with Gasteiger partial charge in [0, 0.05) is 26.4 Å². The van der Waals surface area contributed by atoms with Crippen molar-refractivity contribution in [2.75, 3.05) is 19.8 Å². The van der Waals surface area contributed by atoms with Gasteiger partial charge in [-0.05, 0) is 5.56 Å². The summed E-state index contributed by atoms with van der Waals surface area (Å²) in [4.78, 5) is 10.6. The lowest BCUT2D eigenvalue weighted by atomic mass is 9.99. The van der Waals surface area contributed by atoms with Crippen molar-refractivity contribution in [3.8, 4) is 0 Å².